The molecule has 0 aliphatic carbocycles. The van der Waals surface area contributed by atoms with E-state index in [0.29, 0.717) is 11.3 Å². The smallest absolute Gasteiger partial charge is 0.319 e. The van der Waals surface area contributed by atoms with Gasteiger partial charge in [0.1, 0.15) is 12.0 Å². The van der Waals surface area contributed by atoms with Crippen LogP contribution < -0.4 is 16.2 Å². The number of carbonyl (C=O) groups is 1. The highest BCUT2D eigenvalue weighted by atomic mass is 16.2. The summed E-state index contributed by atoms with van der Waals surface area (Å²) in [5, 5.41) is 4.80. The first-order valence-electron chi connectivity index (χ1n) is 5.18. The standard InChI is InChI=1S/C11H11N5O2/c1-12-11(18)16-9-4-7(5-14-10(9)17)8-2-3-13-6-15-8/h2-6H,1H3,(H,14,17)(H2,12,16,18). The Bertz CT molecular complexity index is 608. The van der Waals surface area contributed by atoms with Gasteiger partial charge in [-0.25, -0.2) is 14.8 Å². The van der Waals surface area contributed by atoms with E-state index >= 15 is 0 Å². The summed E-state index contributed by atoms with van der Waals surface area (Å²) < 4.78 is 0. The second-order valence-corrected chi connectivity index (χ2v) is 3.43. The lowest BCUT2D eigenvalue weighted by Gasteiger charge is -2.05. The van der Waals surface area contributed by atoms with E-state index < -0.39 is 6.03 Å². The number of hydrogen-bond acceptors (Lipinski definition) is 4. The highest BCUT2D eigenvalue weighted by Crippen LogP contribution is 2.15. The Balaban J connectivity index is 2.38. The van der Waals surface area contributed by atoms with Gasteiger partial charge in [0.25, 0.3) is 5.56 Å². The van der Waals surface area contributed by atoms with E-state index in [1.165, 1.54) is 19.6 Å². The van der Waals surface area contributed by atoms with Crippen LogP contribution in [0.25, 0.3) is 11.3 Å². The fourth-order valence-corrected chi connectivity index (χ4v) is 1.37. The van der Waals surface area contributed by atoms with E-state index in [4.69, 9.17) is 0 Å². The molecule has 2 amide bonds. The quantitative estimate of drug-likeness (QED) is 0.720. The van der Waals surface area contributed by atoms with E-state index in [1.807, 2.05) is 0 Å². The molecule has 3 N–H and O–H groups in total. The topological polar surface area (TPSA) is 99.8 Å². The monoisotopic (exact) mass is 245 g/mol. The van der Waals surface area contributed by atoms with Crippen LogP contribution in [0.3, 0.4) is 0 Å². The maximum atomic E-state index is 11.5. The predicted octanol–water partition coefficient (Wildman–Crippen LogP) is 0.583. The summed E-state index contributed by atoms with van der Waals surface area (Å²) in [5.74, 6) is 0. The van der Waals surface area contributed by atoms with Crippen molar-refractivity contribution in [1.29, 1.82) is 0 Å². The zero-order valence-electron chi connectivity index (χ0n) is 9.60. The molecular formula is C11H11N5O2. The minimum atomic E-state index is -0.458. The predicted molar refractivity (Wildman–Crippen MR) is 66.2 cm³/mol. The zero-order valence-corrected chi connectivity index (χ0v) is 9.60. The van der Waals surface area contributed by atoms with Crippen LogP contribution in [-0.2, 0) is 0 Å². The molecule has 7 heteroatoms. The first-order valence-corrected chi connectivity index (χ1v) is 5.18. The highest BCUT2D eigenvalue weighted by molar-refractivity contribution is 5.89. The minimum absolute atomic E-state index is 0.158. The highest BCUT2D eigenvalue weighted by Gasteiger charge is 2.06. The Labute approximate surface area is 102 Å². The fraction of sp³-hybridized carbons (Fsp3) is 0.0909. The fourth-order valence-electron chi connectivity index (χ4n) is 1.37. The molecule has 0 unspecified atom stereocenters. The van der Waals surface area contributed by atoms with E-state index in [2.05, 4.69) is 25.6 Å². The number of nitrogens with one attached hydrogen (secondary N) is 3. The molecule has 0 fully saturated rings. The van der Waals surface area contributed by atoms with Crippen molar-refractivity contribution in [1.82, 2.24) is 20.3 Å². The molecule has 0 saturated carbocycles. The van der Waals surface area contributed by atoms with Crippen LogP contribution in [0.1, 0.15) is 0 Å². The summed E-state index contributed by atoms with van der Waals surface area (Å²) >= 11 is 0. The number of urea groups is 1. The number of H-pyrrole nitrogens is 1. The van der Waals surface area contributed by atoms with Crippen molar-refractivity contribution < 1.29 is 4.79 Å². The Morgan fingerprint density at radius 2 is 2.28 bits per heavy atom. The lowest BCUT2D eigenvalue weighted by Crippen LogP contribution is -2.27. The van der Waals surface area contributed by atoms with Crippen molar-refractivity contribution >= 4 is 11.7 Å². The average molecular weight is 245 g/mol. The molecule has 2 rings (SSSR count). The van der Waals surface area contributed by atoms with Crippen LogP contribution in [-0.4, -0.2) is 28.0 Å². The van der Waals surface area contributed by atoms with Crippen LogP contribution in [0.2, 0.25) is 0 Å². The number of carbonyl (C=O) groups excluding carboxylic acids is 1. The van der Waals surface area contributed by atoms with Gasteiger partial charge >= 0.3 is 6.03 Å². The van der Waals surface area contributed by atoms with E-state index in [0.717, 1.165) is 0 Å². The number of amides is 2. The molecule has 0 saturated heterocycles. The number of hydrogen-bond donors (Lipinski definition) is 3. The minimum Gasteiger partial charge on any atom is -0.341 e. The van der Waals surface area contributed by atoms with Gasteiger partial charge in [0.15, 0.2) is 0 Å². The molecule has 0 aliphatic rings. The van der Waals surface area contributed by atoms with E-state index in [1.54, 1.807) is 18.3 Å². The second kappa shape index (κ2) is 5.09. The van der Waals surface area contributed by atoms with Gasteiger partial charge < -0.3 is 15.6 Å². The van der Waals surface area contributed by atoms with Gasteiger partial charge in [-0.1, -0.05) is 0 Å². The molecule has 0 aromatic carbocycles. The van der Waals surface area contributed by atoms with Crippen molar-refractivity contribution in [2.24, 2.45) is 0 Å². The van der Waals surface area contributed by atoms with Gasteiger partial charge in [-0.3, -0.25) is 4.79 Å². The molecular weight excluding hydrogens is 234 g/mol. The van der Waals surface area contributed by atoms with Crippen LogP contribution in [0, 0.1) is 0 Å². The van der Waals surface area contributed by atoms with Crippen LogP contribution in [0.15, 0.2) is 35.6 Å². The summed E-state index contributed by atoms with van der Waals surface area (Å²) in [6, 6.07) is 2.80. The number of rotatable bonds is 2. The maximum absolute atomic E-state index is 11.5. The summed E-state index contributed by atoms with van der Waals surface area (Å²) in [5.41, 5.74) is 1.12. The summed E-state index contributed by atoms with van der Waals surface area (Å²) in [6.07, 6.45) is 4.53. The Kier molecular flexibility index (Phi) is 3.33. The van der Waals surface area contributed by atoms with Gasteiger partial charge in [-0.2, -0.15) is 0 Å². The van der Waals surface area contributed by atoms with Gasteiger partial charge in [0, 0.05) is 25.0 Å². The van der Waals surface area contributed by atoms with Crippen molar-refractivity contribution in [3.05, 3.63) is 41.2 Å². The van der Waals surface area contributed by atoms with Crippen LogP contribution in [0.4, 0.5) is 10.5 Å². The average Bonchev–Trinajstić information content (AvgIpc) is 2.42. The number of pyridine rings is 1. The summed E-state index contributed by atoms with van der Waals surface area (Å²) in [4.78, 5) is 33.1. The van der Waals surface area contributed by atoms with Gasteiger partial charge in [0.05, 0.1) is 5.69 Å². The summed E-state index contributed by atoms with van der Waals surface area (Å²) in [7, 11) is 1.47. The molecule has 0 atom stereocenters. The van der Waals surface area contributed by atoms with Crippen LogP contribution in [0.5, 0.6) is 0 Å². The maximum Gasteiger partial charge on any atom is 0.319 e. The number of aromatic amines is 1. The second-order valence-electron chi connectivity index (χ2n) is 3.43. The third-order valence-corrected chi connectivity index (χ3v) is 2.26. The first kappa shape index (κ1) is 11.8. The van der Waals surface area contributed by atoms with E-state index in [9.17, 15) is 9.59 Å². The molecule has 2 heterocycles. The Morgan fingerprint density at radius 3 is 2.94 bits per heavy atom. The largest absolute Gasteiger partial charge is 0.341 e. The number of nitrogens with zero attached hydrogens (tertiary/aromatic N) is 2. The normalized spacial score (nSPS) is 9.83. The number of aromatic nitrogens is 3. The first-order chi connectivity index (χ1) is 8.70. The Hall–Kier alpha value is -2.70. The molecule has 0 bridgehead atoms. The molecule has 0 radical (unpaired) electrons. The zero-order chi connectivity index (χ0) is 13.0. The van der Waals surface area contributed by atoms with Crippen molar-refractivity contribution in [2.45, 2.75) is 0 Å². The third-order valence-electron chi connectivity index (χ3n) is 2.26. The van der Waals surface area contributed by atoms with Crippen LogP contribution >= 0.6 is 0 Å². The van der Waals surface area contributed by atoms with Crippen molar-refractivity contribution in [3.63, 3.8) is 0 Å². The molecule has 0 spiro atoms. The van der Waals surface area contributed by atoms with E-state index in [-0.39, 0.29) is 11.2 Å². The Morgan fingerprint density at radius 1 is 1.44 bits per heavy atom. The lowest BCUT2D eigenvalue weighted by molar-refractivity contribution is 0.254. The van der Waals surface area contributed by atoms with Gasteiger partial charge in [0.2, 0.25) is 0 Å². The molecule has 18 heavy (non-hydrogen) atoms. The molecule has 2 aromatic heterocycles. The molecule has 2 aromatic rings. The molecule has 0 aliphatic heterocycles. The van der Waals surface area contributed by atoms with Gasteiger partial charge in [-0.15, -0.1) is 0 Å². The summed E-state index contributed by atoms with van der Waals surface area (Å²) in [6.45, 7) is 0. The van der Waals surface area contributed by atoms with Gasteiger partial charge in [-0.05, 0) is 12.1 Å². The lowest BCUT2D eigenvalue weighted by atomic mass is 10.2. The number of anilines is 1. The SMILES string of the molecule is CNC(=O)Nc1cc(-c2ccncn2)c[nH]c1=O. The third kappa shape index (κ3) is 2.51. The van der Waals surface area contributed by atoms with Crippen molar-refractivity contribution in [2.75, 3.05) is 12.4 Å². The van der Waals surface area contributed by atoms with Crippen molar-refractivity contribution in [3.8, 4) is 11.3 Å². The molecule has 92 valence electrons. The molecule has 7 nitrogen and oxygen atoms in total.